The number of rotatable bonds is 7. The zero-order chi connectivity index (χ0) is 23.5. The Morgan fingerprint density at radius 3 is 2.62 bits per heavy atom. The molecule has 0 bridgehead atoms. The monoisotopic (exact) mass is 453 g/mol. The zero-order valence-corrected chi connectivity index (χ0v) is 19.2. The van der Waals surface area contributed by atoms with Gasteiger partial charge in [0, 0.05) is 23.4 Å². The first-order valence-corrected chi connectivity index (χ1v) is 11.7. The number of benzene rings is 3. The molecular weight excluding hydrogens is 426 g/mol. The van der Waals surface area contributed by atoms with Crippen molar-refractivity contribution in [1.29, 1.82) is 5.26 Å². The van der Waals surface area contributed by atoms with E-state index in [1.165, 1.54) is 12.8 Å². The molecule has 5 rings (SSSR count). The fourth-order valence-electron chi connectivity index (χ4n) is 4.68. The highest BCUT2D eigenvalue weighted by Crippen LogP contribution is 2.36. The first-order valence-electron chi connectivity index (χ1n) is 11.7. The Morgan fingerprint density at radius 2 is 1.88 bits per heavy atom. The average molecular weight is 454 g/mol. The van der Waals surface area contributed by atoms with Crippen LogP contribution in [0.25, 0.3) is 11.1 Å². The standard InChI is InChI=1S/C28H27N3O3/c1-33-27-16-24(10-11-26(27)34-14-12-23-3-2-13-30-23)31-18-22-9-8-21(15-25(22)28(31)32)20-6-4-19(17-29)5-7-20/h4-11,15-16,23,30H,2-3,12-14,18H2,1H3. The molecule has 0 saturated carbocycles. The molecule has 1 saturated heterocycles. The first-order chi connectivity index (χ1) is 16.7. The molecule has 2 aliphatic heterocycles. The second kappa shape index (κ2) is 9.58. The molecular formula is C28H27N3O3. The molecule has 3 aromatic rings. The van der Waals surface area contributed by atoms with Crippen molar-refractivity contribution in [3.8, 4) is 28.7 Å². The predicted octanol–water partition coefficient (Wildman–Crippen LogP) is 4.92. The number of amides is 1. The Labute approximate surface area is 199 Å². The summed E-state index contributed by atoms with van der Waals surface area (Å²) in [4.78, 5) is 15.1. The van der Waals surface area contributed by atoms with E-state index in [4.69, 9.17) is 14.7 Å². The molecule has 1 unspecified atom stereocenters. The lowest BCUT2D eigenvalue weighted by Crippen LogP contribution is -2.24. The van der Waals surface area contributed by atoms with E-state index in [0.717, 1.165) is 35.3 Å². The number of methoxy groups -OCH3 is 1. The number of fused-ring (bicyclic) bond motifs is 1. The normalized spacial score (nSPS) is 16.9. The van der Waals surface area contributed by atoms with Gasteiger partial charge in [0.1, 0.15) is 0 Å². The largest absolute Gasteiger partial charge is 0.493 e. The van der Waals surface area contributed by atoms with Crippen LogP contribution in [-0.2, 0) is 6.54 Å². The first kappa shape index (κ1) is 22.0. The molecule has 1 fully saturated rings. The molecule has 2 aliphatic rings. The van der Waals surface area contributed by atoms with Crippen LogP contribution >= 0.6 is 0 Å². The second-order valence-electron chi connectivity index (χ2n) is 8.72. The quantitative estimate of drug-likeness (QED) is 0.550. The molecule has 1 amide bonds. The lowest BCUT2D eigenvalue weighted by Gasteiger charge is -2.19. The summed E-state index contributed by atoms with van der Waals surface area (Å²) in [6, 6.07) is 21.7. The summed E-state index contributed by atoms with van der Waals surface area (Å²) in [7, 11) is 1.62. The third-order valence-electron chi connectivity index (χ3n) is 6.61. The minimum absolute atomic E-state index is 0.0338. The second-order valence-corrected chi connectivity index (χ2v) is 8.72. The molecule has 2 heterocycles. The van der Waals surface area contributed by atoms with E-state index < -0.39 is 0 Å². The van der Waals surface area contributed by atoms with E-state index in [1.807, 2.05) is 48.5 Å². The summed E-state index contributed by atoms with van der Waals surface area (Å²) in [6.07, 6.45) is 3.39. The number of carbonyl (C=O) groups is 1. The van der Waals surface area contributed by atoms with Gasteiger partial charge < -0.3 is 19.7 Å². The van der Waals surface area contributed by atoms with Gasteiger partial charge >= 0.3 is 0 Å². The van der Waals surface area contributed by atoms with E-state index in [1.54, 1.807) is 24.1 Å². The van der Waals surface area contributed by atoms with Crippen molar-refractivity contribution >= 4 is 11.6 Å². The van der Waals surface area contributed by atoms with Crippen LogP contribution in [-0.4, -0.2) is 32.2 Å². The van der Waals surface area contributed by atoms with Crippen LogP contribution in [0.3, 0.4) is 0 Å². The Morgan fingerprint density at radius 1 is 1.06 bits per heavy atom. The van der Waals surface area contributed by atoms with Crippen LogP contribution in [0.5, 0.6) is 11.5 Å². The van der Waals surface area contributed by atoms with Gasteiger partial charge in [-0.1, -0.05) is 24.3 Å². The van der Waals surface area contributed by atoms with Crippen LogP contribution in [0.1, 0.15) is 40.7 Å². The lowest BCUT2D eigenvalue weighted by atomic mass is 9.99. The van der Waals surface area contributed by atoms with Crippen molar-refractivity contribution in [2.75, 3.05) is 25.2 Å². The van der Waals surface area contributed by atoms with Gasteiger partial charge in [-0.3, -0.25) is 4.79 Å². The fourth-order valence-corrected chi connectivity index (χ4v) is 4.68. The Kier molecular flexibility index (Phi) is 6.20. The van der Waals surface area contributed by atoms with Crippen molar-refractivity contribution < 1.29 is 14.3 Å². The maximum absolute atomic E-state index is 13.3. The highest BCUT2D eigenvalue weighted by molar-refractivity contribution is 6.10. The summed E-state index contributed by atoms with van der Waals surface area (Å²) in [5.74, 6) is 1.28. The third kappa shape index (κ3) is 4.35. The minimum Gasteiger partial charge on any atom is -0.493 e. The molecule has 0 aliphatic carbocycles. The van der Waals surface area contributed by atoms with E-state index in [9.17, 15) is 4.79 Å². The van der Waals surface area contributed by atoms with Gasteiger partial charge in [0.15, 0.2) is 11.5 Å². The summed E-state index contributed by atoms with van der Waals surface area (Å²) in [5.41, 5.74) is 5.02. The van der Waals surface area contributed by atoms with Crippen molar-refractivity contribution in [2.45, 2.75) is 31.8 Å². The van der Waals surface area contributed by atoms with Gasteiger partial charge in [-0.2, -0.15) is 5.26 Å². The van der Waals surface area contributed by atoms with Crippen LogP contribution < -0.4 is 19.7 Å². The number of nitrogens with one attached hydrogen (secondary N) is 1. The number of nitrogens with zero attached hydrogens (tertiary/aromatic N) is 2. The molecule has 0 radical (unpaired) electrons. The highest BCUT2D eigenvalue weighted by atomic mass is 16.5. The summed E-state index contributed by atoms with van der Waals surface area (Å²) < 4.78 is 11.6. The smallest absolute Gasteiger partial charge is 0.258 e. The Balaban J connectivity index is 1.32. The van der Waals surface area contributed by atoms with Crippen LogP contribution in [0, 0.1) is 11.3 Å². The lowest BCUT2D eigenvalue weighted by molar-refractivity contribution is 0.0996. The number of hydrogen-bond donors (Lipinski definition) is 1. The van der Waals surface area contributed by atoms with Gasteiger partial charge in [0.05, 0.1) is 31.9 Å². The Hall–Kier alpha value is -3.82. The molecule has 1 N–H and O–H groups in total. The molecule has 172 valence electrons. The molecule has 0 spiro atoms. The predicted molar refractivity (Wildman–Crippen MR) is 131 cm³/mol. The van der Waals surface area contributed by atoms with E-state index in [-0.39, 0.29) is 5.91 Å². The number of hydrogen-bond acceptors (Lipinski definition) is 5. The van der Waals surface area contributed by atoms with Crippen molar-refractivity contribution in [1.82, 2.24) is 5.32 Å². The summed E-state index contributed by atoms with van der Waals surface area (Å²) in [5, 5.41) is 12.5. The number of ether oxygens (including phenoxy) is 2. The van der Waals surface area contributed by atoms with Crippen LogP contribution in [0.4, 0.5) is 5.69 Å². The van der Waals surface area contributed by atoms with E-state index >= 15 is 0 Å². The highest BCUT2D eigenvalue weighted by Gasteiger charge is 2.29. The van der Waals surface area contributed by atoms with Gasteiger partial charge in [-0.25, -0.2) is 0 Å². The maximum Gasteiger partial charge on any atom is 0.258 e. The van der Waals surface area contributed by atoms with Crippen molar-refractivity contribution in [3.05, 3.63) is 77.4 Å². The molecule has 6 heteroatoms. The Bertz CT molecular complexity index is 1240. The average Bonchev–Trinajstić information content (AvgIpc) is 3.52. The third-order valence-corrected chi connectivity index (χ3v) is 6.61. The molecule has 6 nitrogen and oxygen atoms in total. The topological polar surface area (TPSA) is 74.6 Å². The zero-order valence-electron chi connectivity index (χ0n) is 19.2. The van der Waals surface area contributed by atoms with E-state index in [2.05, 4.69) is 11.4 Å². The van der Waals surface area contributed by atoms with Crippen molar-refractivity contribution in [2.24, 2.45) is 0 Å². The molecule has 1 atom stereocenters. The SMILES string of the molecule is COc1cc(N2Cc3ccc(-c4ccc(C#N)cc4)cc3C2=O)ccc1OCCC1CCCN1. The summed E-state index contributed by atoms with van der Waals surface area (Å²) in [6.45, 7) is 2.22. The van der Waals surface area contributed by atoms with Gasteiger partial charge in [-0.05, 0) is 72.8 Å². The molecule has 3 aromatic carbocycles. The minimum atomic E-state index is -0.0338. The molecule has 0 aromatic heterocycles. The summed E-state index contributed by atoms with van der Waals surface area (Å²) >= 11 is 0. The molecule has 34 heavy (non-hydrogen) atoms. The van der Waals surface area contributed by atoms with Crippen LogP contribution in [0.2, 0.25) is 0 Å². The van der Waals surface area contributed by atoms with Crippen molar-refractivity contribution in [3.63, 3.8) is 0 Å². The van der Waals surface area contributed by atoms with Crippen LogP contribution in [0.15, 0.2) is 60.7 Å². The van der Waals surface area contributed by atoms with Gasteiger partial charge in [-0.15, -0.1) is 0 Å². The van der Waals surface area contributed by atoms with E-state index in [0.29, 0.717) is 41.8 Å². The van der Waals surface area contributed by atoms with Gasteiger partial charge in [0.2, 0.25) is 0 Å². The number of carbonyl (C=O) groups excluding carboxylic acids is 1. The fraction of sp³-hybridized carbons (Fsp3) is 0.286. The number of nitriles is 1. The van der Waals surface area contributed by atoms with Gasteiger partial charge in [0.25, 0.3) is 5.91 Å². The maximum atomic E-state index is 13.3. The number of anilines is 1.